The summed E-state index contributed by atoms with van der Waals surface area (Å²) in [7, 11) is 2.74. The highest BCUT2D eigenvalue weighted by molar-refractivity contribution is 5.93. The Morgan fingerprint density at radius 3 is 2.52 bits per heavy atom. The van der Waals surface area contributed by atoms with E-state index in [4.69, 9.17) is 9.47 Å². The molecule has 170 valence electrons. The number of carboxylic acids is 1. The number of allylic oxidation sites excluding steroid dienone is 4. The number of aliphatic carboxylic acids is 1. The fourth-order valence-electron chi connectivity index (χ4n) is 7.53. The fourth-order valence-corrected chi connectivity index (χ4v) is 7.53. The van der Waals surface area contributed by atoms with Crippen molar-refractivity contribution in [2.24, 2.45) is 40.4 Å². The van der Waals surface area contributed by atoms with E-state index >= 15 is 0 Å². The van der Waals surface area contributed by atoms with E-state index < -0.39 is 41.0 Å². The van der Waals surface area contributed by atoms with Crippen LogP contribution in [0.4, 0.5) is 0 Å². The highest BCUT2D eigenvalue weighted by Gasteiger charge is 2.66. The number of fused-ring (bicyclic) bond motifs is 5. The predicted octanol–water partition coefficient (Wildman–Crippen LogP) is 2.38. The topological polar surface area (TPSA) is 110 Å². The minimum atomic E-state index is -1.13. The number of Topliss-reactive ketones (excluding diaryl/α,β-unsaturated/α-hetero) is 1. The number of carbonyl (C=O) groups excluding carboxylic acids is 2. The second kappa shape index (κ2) is 7.64. The van der Waals surface area contributed by atoms with Gasteiger partial charge in [-0.3, -0.25) is 14.4 Å². The van der Waals surface area contributed by atoms with Crippen molar-refractivity contribution in [3.8, 4) is 0 Å². The molecule has 7 heteroatoms. The molecule has 0 aromatic heterocycles. The van der Waals surface area contributed by atoms with E-state index in [9.17, 15) is 24.6 Å². The van der Waals surface area contributed by atoms with Gasteiger partial charge < -0.3 is 19.7 Å². The summed E-state index contributed by atoms with van der Waals surface area (Å²) in [5.41, 5.74) is -0.0607. The van der Waals surface area contributed by atoms with E-state index in [-0.39, 0.29) is 29.3 Å². The molecular weight excluding hydrogens is 400 g/mol. The average Bonchev–Trinajstić information content (AvgIpc) is 3.01. The first-order valence-corrected chi connectivity index (χ1v) is 11.0. The molecule has 0 amide bonds. The first-order valence-electron chi connectivity index (χ1n) is 11.0. The van der Waals surface area contributed by atoms with Gasteiger partial charge in [0.1, 0.15) is 0 Å². The first-order chi connectivity index (χ1) is 14.6. The quantitative estimate of drug-likeness (QED) is 0.507. The predicted molar refractivity (Wildman–Crippen MR) is 111 cm³/mol. The zero-order valence-corrected chi connectivity index (χ0v) is 18.5. The number of hydrogen-bond donors (Lipinski definition) is 2. The van der Waals surface area contributed by atoms with Gasteiger partial charge >= 0.3 is 5.97 Å². The molecule has 8 atom stereocenters. The number of carbonyl (C=O) groups is 3. The molecule has 4 rings (SSSR count). The third-order valence-corrected chi connectivity index (χ3v) is 8.79. The van der Waals surface area contributed by atoms with Crippen LogP contribution in [0.25, 0.3) is 0 Å². The lowest BCUT2D eigenvalue weighted by atomic mass is 9.47. The summed E-state index contributed by atoms with van der Waals surface area (Å²) in [6, 6.07) is 0. The Balaban J connectivity index is 1.76. The molecule has 0 aromatic rings. The molecule has 31 heavy (non-hydrogen) atoms. The molecule has 2 fully saturated rings. The number of hydrogen-bond acceptors (Lipinski definition) is 6. The number of ether oxygens (including phenoxy) is 2. The van der Waals surface area contributed by atoms with Crippen molar-refractivity contribution in [2.45, 2.75) is 51.9 Å². The summed E-state index contributed by atoms with van der Waals surface area (Å²) < 4.78 is 10.4. The van der Waals surface area contributed by atoms with Gasteiger partial charge in [0.05, 0.1) is 12.0 Å². The Hall–Kier alpha value is -1.83. The van der Waals surface area contributed by atoms with E-state index in [1.54, 1.807) is 6.08 Å². The Kier molecular flexibility index (Phi) is 5.51. The Labute approximate surface area is 182 Å². The molecule has 0 saturated heterocycles. The third-order valence-electron chi connectivity index (χ3n) is 8.79. The van der Waals surface area contributed by atoms with Crippen LogP contribution in [0.3, 0.4) is 0 Å². The largest absolute Gasteiger partial charge is 0.481 e. The molecule has 2 saturated carbocycles. The highest BCUT2D eigenvalue weighted by atomic mass is 16.7. The number of aliphatic hydroxyl groups excluding tert-OH is 1. The van der Waals surface area contributed by atoms with Gasteiger partial charge in [-0.05, 0) is 42.6 Å². The van der Waals surface area contributed by atoms with Crippen molar-refractivity contribution in [2.75, 3.05) is 14.2 Å². The summed E-state index contributed by atoms with van der Waals surface area (Å²) in [4.78, 5) is 37.5. The van der Waals surface area contributed by atoms with Gasteiger partial charge in [0.2, 0.25) is 6.29 Å². The van der Waals surface area contributed by atoms with Gasteiger partial charge in [0.15, 0.2) is 11.6 Å². The van der Waals surface area contributed by atoms with Gasteiger partial charge in [-0.1, -0.05) is 31.6 Å². The molecule has 2 N–H and O–H groups in total. The van der Waals surface area contributed by atoms with Gasteiger partial charge in [0, 0.05) is 37.9 Å². The number of carboxylic acid groups (broad SMARTS) is 1. The monoisotopic (exact) mass is 432 g/mol. The van der Waals surface area contributed by atoms with Crippen molar-refractivity contribution in [3.05, 3.63) is 23.8 Å². The summed E-state index contributed by atoms with van der Waals surface area (Å²) >= 11 is 0. The van der Waals surface area contributed by atoms with Crippen LogP contribution in [-0.2, 0) is 23.9 Å². The van der Waals surface area contributed by atoms with Crippen molar-refractivity contribution in [1.82, 2.24) is 0 Å². The van der Waals surface area contributed by atoms with Gasteiger partial charge in [-0.25, -0.2) is 0 Å². The van der Waals surface area contributed by atoms with Crippen LogP contribution in [0, 0.1) is 40.4 Å². The van der Waals surface area contributed by atoms with Crippen molar-refractivity contribution >= 4 is 17.5 Å². The van der Waals surface area contributed by atoms with E-state index in [1.165, 1.54) is 14.2 Å². The number of aliphatic hydroxyl groups is 1. The Morgan fingerprint density at radius 2 is 1.90 bits per heavy atom. The van der Waals surface area contributed by atoms with Gasteiger partial charge in [-0.2, -0.15) is 0 Å². The van der Waals surface area contributed by atoms with Crippen molar-refractivity contribution in [3.63, 3.8) is 0 Å². The lowest BCUT2D eigenvalue weighted by Crippen LogP contribution is -2.56. The van der Waals surface area contributed by atoms with Crippen molar-refractivity contribution in [1.29, 1.82) is 0 Å². The van der Waals surface area contributed by atoms with Crippen LogP contribution in [-0.4, -0.2) is 54.4 Å². The average molecular weight is 433 g/mol. The lowest BCUT2D eigenvalue weighted by Gasteiger charge is -2.58. The molecule has 7 unspecified atom stereocenters. The maximum atomic E-state index is 13.3. The maximum Gasteiger partial charge on any atom is 0.307 e. The second-order valence-corrected chi connectivity index (χ2v) is 10.2. The smallest absolute Gasteiger partial charge is 0.307 e. The number of rotatable bonds is 5. The fraction of sp³-hybridized carbons (Fsp3) is 0.708. The van der Waals surface area contributed by atoms with Crippen LogP contribution >= 0.6 is 0 Å². The Bertz CT molecular complexity index is 856. The SMILES string of the molecule is COC(OC)C(=O)C1[C@H](C(=O)O)CC2C3CC=C4CC(=O)C=CC4(C)C3C(O)CC21C. The van der Waals surface area contributed by atoms with Crippen LogP contribution in [0.2, 0.25) is 0 Å². The molecule has 4 aliphatic carbocycles. The standard InChI is InChI=1S/C24H32O7/c1-23-8-7-13(25)9-12(23)5-6-14-16-10-15(21(28)29)19(20(27)22(30-3)31-4)24(16,2)11-17(26)18(14)23/h5,7-8,14-19,22,26H,6,9-11H2,1-4H3,(H,28,29)/t14?,15-,16?,17?,18?,19?,23?,24?/m1/s1. The lowest BCUT2D eigenvalue weighted by molar-refractivity contribution is -0.173. The van der Waals surface area contributed by atoms with E-state index in [2.05, 4.69) is 13.0 Å². The van der Waals surface area contributed by atoms with Crippen molar-refractivity contribution < 1.29 is 34.1 Å². The molecule has 0 radical (unpaired) electrons. The molecule has 0 aliphatic heterocycles. The zero-order chi connectivity index (χ0) is 22.7. The normalized spacial score (nSPS) is 43.8. The molecule has 0 heterocycles. The Morgan fingerprint density at radius 1 is 1.23 bits per heavy atom. The molecule has 0 spiro atoms. The molecule has 0 bridgehead atoms. The van der Waals surface area contributed by atoms with Gasteiger partial charge in [-0.15, -0.1) is 0 Å². The summed E-state index contributed by atoms with van der Waals surface area (Å²) in [5.74, 6) is -3.05. The minimum absolute atomic E-state index is 0.0311. The summed E-state index contributed by atoms with van der Waals surface area (Å²) in [5, 5.41) is 21.4. The first kappa shape index (κ1) is 22.4. The third kappa shape index (κ3) is 3.16. The highest BCUT2D eigenvalue weighted by Crippen LogP contribution is 2.66. The number of methoxy groups -OCH3 is 2. The second-order valence-electron chi connectivity index (χ2n) is 10.2. The van der Waals surface area contributed by atoms with Crippen LogP contribution in [0.1, 0.15) is 39.5 Å². The molecular formula is C24H32O7. The number of ketones is 2. The summed E-state index contributed by atoms with van der Waals surface area (Å²) in [6.45, 7) is 4.02. The van der Waals surface area contributed by atoms with E-state index in [0.29, 0.717) is 25.7 Å². The maximum absolute atomic E-state index is 13.3. The van der Waals surface area contributed by atoms with Crippen LogP contribution in [0.5, 0.6) is 0 Å². The van der Waals surface area contributed by atoms with E-state index in [1.807, 2.05) is 13.0 Å². The molecule has 7 nitrogen and oxygen atoms in total. The van der Waals surface area contributed by atoms with Crippen LogP contribution in [0.15, 0.2) is 23.8 Å². The molecule has 0 aromatic carbocycles. The summed E-state index contributed by atoms with van der Waals surface area (Å²) in [6.07, 6.45) is 5.59. The van der Waals surface area contributed by atoms with Gasteiger partial charge in [0.25, 0.3) is 0 Å². The van der Waals surface area contributed by atoms with Crippen LogP contribution < -0.4 is 0 Å². The zero-order valence-electron chi connectivity index (χ0n) is 18.5. The van der Waals surface area contributed by atoms with E-state index in [0.717, 1.165) is 5.57 Å². The minimum Gasteiger partial charge on any atom is -0.481 e. The molecule has 4 aliphatic rings.